The van der Waals surface area contributed by atoms with Gasteiger partial charge in [0.2, 0.25) is 0 Å². The number of hydrogen-bond donors (Lipinski definition) is 1. The summed E-state index contributed by atoms with van der Waals surface area (Å²) < 4.78 is 40.9. The number of halogens is 3. The molecule has 0 radical (unpaired) electrons. The highest BCUT2D eigenvalue weighted by atomic mass is 19.4. The van der Waals surface area contributed by atoms with Crippen LogP contribution in [-0.4, -0.2) is 43.5 Å². The van der Waals surface area contributed by atoms with Crippen molar-refractivity contribution in [2.75, 3.05) is 31.1 Å². The van der Waals surface area contributed by atoms with Crippen molar-refractivity contribution in [3.05, 3.63) is 59.7 Å². The summed E-state index contributed by atoms with van der Waals surface area (Å²) in [4.78, 5) is 16.7. The van der Waals surface area contributed by atoms with E-state index >= 15 is 0 Å². The average Bonchev–Trinajstić information content (AvgIpc) is 3.05. The van der Waals surface area contributed by atoms with Crippen LogP contribution in [0.4, 0.5) is 23.7 Å². The van der Waals surface area contributed by atoms with E-state index in [-0.39, 0.29) is 17.2 Å². The van der Waals surface area contributed by atoms with E-state index in [1.165, 1.54) is 17.7 Å². The van der Waals surface area contributed by atoms with E-state index in [2.05, 4.69) is 21.0 Å². The quantitative estimate of drug-likeness (QED) is 0.762. The number of nitrogens with zero attached hydrogens (tertiary/aromatic N) is 2. The van der Waals surface area contributed by atoms with Crippen molar-refractivity contribution in [3.8, 4) is 5.75 Å². The molecule has 2 aromatic rings. The molecule has 2 aliphatic heterocycles. The van der Waals surface area contributed by atoms with E-state index in [9.17, 15) is 18.0 Å². The van der Waals surface area contributed by atoms with Crippen LogP contribution in [-0.2, 0) is 12.0 Å². The van der Waals surface area contributed by atoms with Crippen LogP contribution in [0.1, 0.15) is 30.9 Å². The van der Waals surface area contributed by atoms with Crippen LogP contribution >= 0.6 is 0 Å². The average molecular weight is 433 g/mol. The lowest BCUT2D eigenvalue weighted by Crippen LogP contribution is -2.47. The number of urea groups is 1. The van der Waals surface area contributed by atoms with Crippen LogP contribution in [0, 0.1) is 0 Å². The Morgan fingerprint density at radius 1 is 1.10 bits per heavy atom. The smallest absolute Gasteiger partial charge is 0.406 e. The first-order chi connectivity index (χ1) is 14.8. The summed E-state index contributed by atoms with van der Waals surface area (Å²) >= 11 is 0. The number of carbonyl (C=O) groups excluding carboxylic acids is 1. The lowest BCUT2D eigenvalue weighted by molar-refractivity contribution is -0.274. The van der Waals surface area contributed by atoms with Crippen LogP contribution in [0.25, 0.3) is 0 Å². The van der Waals surface area contributed by atoms with E-state index < -0.39 is 6.36 Å². The fraction of sp³-hybridized carbons (Fsp3) is 0.435. The van der Waals surface area contributed by atoms with Gasteiger partial charge in [0, 0.05) is 30.7 Å². The zero-order valence-corrected chi connectivity index (χ0v) is 17.4. The van der Waals surface area contributed by atoms with Gasteiger partial charge in [-0.3, -0.25) is 9.80 Å². The number of amides is 2. The zero-order chi connectivity index (χ0) is 22.1. The third kappa shape index (κ3) is 4.63. The number of carbonyl (C=O) groups is 1. The van der Waals surface area contributed by atoms with Gasteiger partial charge in [-0.05, 0) is 62.2 Å². The number of rotatable bonds is 4. The second-order valence-electron chi connectivity index (χ2n) is 8.19. The number of ether oxygens (including phenoxy) is 1. The van der Waals surface area contributed by atoms with E-state index in [0.717, 1.165) is 37.2 Å². The standard InChI is InChI=1S/C23H26F3N3O2/c1-2-27-21(30)29-16-22(19-5-3-4-6-20(19)29)11-13-28(14-12-22)15-17-7-9-18(10-8-17)31-23(24,25)26/h3-10H,2,11-16H2,1H3,(H,27,30). The van der Waals surface area contributed by atoms with Gasteiger partial charge in [0.25, 0.3) is 0 Å². The molecule has 1 fully saturated rings. The van der Waals surface area contributed by atoms with E-state index in [0.29, 0.717) is 19.6 Å². The van der Waals surface area contributed by atoms with Crippen molar-refractivity contribution < 1.29 is 22.7 Å². The SMILES string of the molecule is CCNC(=O)N1CC2(CCN(Cc3ccc(OC(F)(F)F)cc3)CC2)c2ccccc21. The Morgan fingerprint density at radius 2 is 1.77 bits per heavy atom. The summed E-state index contributed by atoms with van der Waals surface area (Å²) in [6.07, 6.45) is -2.83. The molecule has 1 spiro atoms. The Hall–Kier alpha value is -2.74. The van der Waals surface area contributed by atoms with Gasteiger partial charge in [-0.1, -0.05) is 30.3 Å². The molecule has 0 aromatic heterocycles. The number of para-hydroxylation sites is 1. The zero-order valence-electron chi connectivity index (χ0n) is 17.4. The topological polar surface area (TPSA) is 44.8 Å². The van der Waals surface area contributed by atoms with Crippen molar-refractivity contribution in [1.82, 2.24) is 10.2 Å². The molecule has 2 aromatic carbocycles. The molecule has 0 saturated carbocycles. The monoisotopic (exact) mass is 433 g/mol. The highest BCUT2D eigenvalue weighted by molar-refractivity contribution is 5.95. The van der Waals surface area contributed by atoms with Gasteiger partial charge in [-0.25, -0.2) is 4.79 Å². The Bertz CT molecular complexity index is 922. The molecule has 2 heterocycles. The Morgan fingerprint density at radius 3 is 2.42 bits per heavy atom. The molecule has 0 atom stereocenters. The molecule has 1 saturated heterocycles. The summed E-state index contributed by atoms with van der Waals surface area (Å²) in [5.41, 5.74) is 3.11. The Labute approximate surface area is 179 Å². The molecule has 31 heavy (non-hydrogen) atoms. The molecule has 5 nitrogen and oxygen atoms in total. The number of nitrogens with one attached hydrogen (secondary N) is 1. The third-order valence-corrected chi connectivity index (χ3v) is 6.18. The van der Waals surface area contributed by atoms with E-state index in [1.807, 2.05) is 30.0 Å². The van der Waals surface area contributed by atoms with Gasteiger partial charge >= 0.3 is 12.4 Å². The molecule has 1 N–H and O–H groups in total. The maximum absolute atomic E-state index is 12.6. The first kappa shape index (κ1) is 21.5. The van der Waals surface area contributed by atoms with Crippen LogP contribution in [0.15, 0.2) is 48.5 Å². The van der Waals surface area contributed by atoms with Gasteiger partial charge in [0.15, 0.2) is 0 Å². The summed E-state index contributed by atoms with van der Waals surface area (Å²) in [6.45, 7) is 5.57. The Balaban J connectivity index is 1.41. The number of likely N-dealkylation sites (tertiary alicyclic amines) is 1. The number of fused-ring (bicyclic) bond motifs is 2. The van der Waals surface area contributed by atoms with Crippen molar-refractivity contribution >= 4 is 11.7 Å². The number of anilines is 1. The molecular weight excluding hydrogens is 407 g/mol. The first-order valence-electron chi connectivity index (χ1n) is 10.5. The van der Waals surface area contributed by atoms with Crippen LogP contribution in [0.2, 0.25) is 0 Å². The van der Waals surface area contributed by atoms with Crippen LogP contribution < -0.4 is 15.0 Å². The van der Waals surface area contributed by atoms with Gasteiger partial charge in [-0.15, -0.1) is 13.2 Å². The van der Waals surface area contributed by atoms with Gasteiger partial charge < -0.3 is 10.1 Å². The van der Waals surface area contributed by atoms with Gasteiger partial charge in [0.05, 0.1) is 0 Å². The lowest BCUT2D eigenvalue weighted by atomic mass is 9.74. The third-order valence-electron chi connectivity index (χ3n) is 6.18. The van der Waals surface area contributed by atoms with Crippen molar-refractivity contribution in [2.24, 2.45) is 0 Å². The predicted molar refractivity (Wildman–Crippen MR) is 112 cm³/mol. The molecule has 2 aliphatic rings. The minimum Gasteiger partial charge on any atom is -0.406 e. The first-order valence-corrected chi connectivity index (χ1v) is 10.5. The molecule has 0 bridgehead atoms. The number of hydrogen-bond acceptors (Lipinski definition) is 3. The summed E-state index contributed by atoms with van der Waals surface area (Å²) in [6, 6.07) is 14.1. The van der Waals surface area contributed by atoms with Crippen molar-refractivity contribution in [1.29, 1.82) is 0 Å². The maximum atomic E-state index is 12.6. The predicted octanol–water partition coefficient (Wildman–Crippen LogP) is 4.67. The second kappa shape index (κ2) is 8.42. The normalized spacial score (nSPS) is 18.1. The molecule has 0 aliphatic carbocycles. The van der Waals surface area contributed by atoms with Gasteiger partial charge in [-0.2, -0.15) is 0 Å². The molecule has 8 heteroatoms. The Kier molecular flexibility index (Phi) is 5.83. The molecule has 166 valence electrons. The second-order valence-corrected chi connectivity index (χ2v) is 8.19. The van der Waals surface area contributed by atoms with Crippen LogP contribution in [0.5, 0.6) is 5.75 Å². The van der Waals surface area contributed by atoms with Gasteiger partial charge in [0.1, 0.15) is 5.75 Å². The molecule has 2 amide bonds. The van der Waals surface area contributed by atoms with Crippen LogP contribution in [0.3, 0.4) is 0 Å². The van der Waals surface area contributed by atoms with Crippen molar-refractivity contribution in [3.63, 3.8) is 0 Å². The highest BCUT2D eigenvalue weighted by Crippen LogP contribution is 2.47. The summed E-state index contributed by atoms with van der Waals surface area (Å²) in [7, 11) is 0. The molecule has 4 rings (SSSR count). The minimum atomic E-state index is -4.68. The summed E-state index contributed by atoms with van der Waals surface area (Å²) in [5.74, 6) is -0.207. The molecular formula is C23H26F3N3O2. The lowest BCUT2D eigenvalue weighted by Gasteiger charge is -2.40. The summed E-state index contributed by atoms with van der Waals surface area (Å²) in [5, 5.41) is 2.91. The van der Waals surface area contributed by atoms with Crippen molar-refractivity contribution in [2.45, 2.75) is 38.1 Å². The number of benzene rings is 2. The highest BCUT2D eigenvalue weighted by Gasteiger charge is 2.46. The maximum Gasteiger partial charge on any atom is 0.573 e. The fourth-order valence-electron chi connectivity index (χ4n) is 4.68. The molecule has 0 unspecified atom stereocenters. The van der Waals surface area contributed by atoms with E-state index in [4.69, 9.17) is 0 Å². The number of piperidine rings is 1. The van der Waals surface area contributed by atoms with E-state index in [1.54, 1.807) is 12.1 Å². The largest absolute Gasteiger partial charge is 0.573 e. The fourth-order valence-corrected chi connectivity index (χ4v) is 4.68. The number of alkyl halides is 3. The minimum absolute atomic E-state index is 0.0530.